The minimum absolute atomic E-state index is 0.00287. The van der Waals surface area contributed by atoms with Gasteiger partial charge in [0.15, 0.2) is 0 Å². The Bertz CT molecular complexity index is 153. The van der Waals surface area contributed by atoms with Crippen molar-refractivity contribution in [3.05, 3.63) is 0 Å². The van der Waals surface area contributed by atoms with E-state index in [-0.39, 0.29) is 11.9 Å². The Labute approximate surface area is 73.7 Å². The lowest BCUT2D eigenvalue weighted by atomic mass is 9.86. The number of hydrogen-bond donors (Lipinski definition) is 0. The van der Waals surface area contributed by atoms with Gasteiger partial charge < -0.3 is 9.64 Å². The first kappa shape index (κ1) is 9.52. The van der Waals surface area contributed by atoms with Crippen molar-refractivity contribution < 1.29 is 9.53 Å². The van der Waals surface area contributed by atoms with Crippen LogP contribution >= 0.6 is 0 Å². The fourth-order valence-electron chi connectivity index (χ4n) is 1.09. The predicted octanol–water partition coefficient (Wildman–Crippen LogP) is 0.891. The van der Waals surface area contributed by atoms with Crippen molar-refractivity contribution in [3.63, 3.8) is 0 Å². The zero-order chi connectivity index (χ0) is 8.97. The summed E-state index contributed by atoms with van der Waals surface area (Å²) in [6, 6.07) is 0. The van der Waals surface area contributed by atoms with E-state index < -0.39 is 0 Å². The standard InChI is InChI=1S/C9H17NO2/c1-10(2)6-7-12-9(11)8-4-3-5-8/h8H,3-7H2,1-2H3. The van der Waals surface area contributed by atoms with Crippen molar-refractivity contribution in [2.24, 2.45) is 5.92 Å². The van der Waals surface area contributed by atoms with Crippen LogP contribution in [0.4, 0.5) is 0 Å². The SMILES string of the molecule is CN(C)CCOC(=O)C1CCC1. The first-order chi connectivity index (χ1) is 5.70. The van der Waals surface area contributed by atoms with Crippen molar-refractivity contribution in [2.45, 2.75) is 19.3 Å². The van der Waals surface area contributed by atoms with Crippen LogP contribution in [0.1, 0.15) is 19.3 Å². The lowest BCUT2D eigenvalue weighted by Crippen LogP contribution is -2.27. The maximum Gasteiger partial charge on any atom is 0.308 e. The molecule has 0 radical (unpaired) electrons. The first-order valence-corrected chi connectivity index (χ1v) is 4.51. The first-order valence-electron chi connectivity index (χ1n) is 4.51. The van der Waals surface area contributed by atoms with E-state index in [1.54, 1.807) is 0 Å². The molecule has 0 spiro atoms. The summed E-state index contributed by atoms with van der Waals surface area (Å²) in [7, 11) is 3.94. The second-order valence-corrected chi connectivity index (χ2v) is 3.60. The van der Waals surface area contributed by atoms with Crippen LogP contribution in [0.5, 0.6) is 0 Å². The molecule has 0 aromatic carbocycles. The third-order valence-corrected chi connectivity index (χ3v) is 2.22. The predicted molar refractivity (Wildman–Crippen MR) is 46.9 cm³/mol. The summed E-state index contributed by atoms with van der Waals surface area (Å²) in [5.41, 5.74) is 0. The van der Waals surface area contributed by atoms with Gasteiger partial charge in [-0.15, -0.1) is 0 Å². The van der Waals surface area contributed by atoms with Gasteiger partial charge in [0.2, 0.25) is 0 Å². The zero-order valence-corrected chi connectivity index (χ0v) is 7.88. The van der Waals surface area contributed by atoms with Gasteiger partial charge in [-0.2, -0.15) is 0 Å². The summed E-state index contributed by atoms with van der Waals surface area (Å²) in [5.74, 6) is 0.218. The van der Waals surface area contributed by atoms with Gasteiger partial charge in [-0.05, 0) is 26.9 Å². The molecule has 0 aromatic heterocycles. The highest BCUT2D eigenvalue weighted by atomic mass is 16.5. The Kier molecular flexibility index (Phi) is 3.53. The smallest absolute Gasteiger partial charge is 0.308 e. The third-order valence-electron chi connectivity index (χ3n) is 2.22. The van der Waals surface area contributed by atoms with Crippen LogP contribution in [0.2, 0.25) is 0 Å². The minimum atomic E-state index is 0.00287. The van der Waals surface area contributed by atoms with E-state index in [1.807, 2.05) is 19.0 Å². The monoisotopic (exact) mass is 171 g/mol. The molecule has 3 nitrogen and oxygen atoms in total. The molecule has 0 amide bonds. The van der Waals surface area contributed by atoms with Crippen LogP contribution in [0.25, 0.3) is 0 Å². The van der Waals surface area contributed by atoms with Crippen LogP contribution in [0.3, 0.4) is 0 Å². The average molecular weight is 171 g/mol. The average Bonchev–Trinajstić information content (AvgIpc) is 1.81. The van der Waals surface area contributed by atoms with E-state index >= 15 is 0 Å². The van der Waals surface area contributed by atoms with Gasteiger partial charge in [0, 0.05) is 6.54 Å². The summed E-state index contributed by atoms with van der Waals surface area (Å²) in [6.45, 7) is 1.35. The van der Waals surface area contributed by atoms with E-state index in [0.29, 0.717) is 6.61 Å². The molecule has 0 atom stereocenters. The highest BCUT2D eigenvalue weighted by Gasteiger charge is 2.26. The maximum atomic E-state index is 11.2. The fraction of sp³-hybridized carbons (Fsp3) is 0.889. The molecule has 1 fully saturated rings. The molecule has 0 bridgehead atoms. The third kappa shape index (κ3) is 2.81. The normalized spacial score (nSPS) is 17.6. The second-order valence-electron chi connectivity index (χ2n) is 3.60. The molecule has 1 aliphatic rings. The van der Waals surface area contributed by atoms with E-state index in [2.05, 4.69) is 0 Å². The van der Waals surface area contributed by atoms with E-state index in [9.17, 15) is 4.79 Å². The van der Waals surface area contributed by atoms with Crippen LogP contribution in [-0.4, -0.2) is 38.1 Å². The lowest BCUT2D eigenvalue weighted by molar-refractivity contribution is -0.151. The molecule has 0 aromatic rings. The van der Waals surface area contributed by atoms with Gasteiger partial charge in [-0.1, -0.05) is 6.42 Å². The number of likely N-dealkylation sites (N-methyl/N-ethyl adjacent to an activating group) is 1. The zero-order valence-electron chi connectivity index (χ0n) is 7.88. The molecule has 0 aliphatic heterocycles. The van der Waals surface area contributed by atoms with Gasteiger partial charge in [-0.3, -0.25) is 4.79 Å². The summed E-state index contributed by atoms with van der Waals surface area (Å²) >= 11 is 0. The number of esters is 1. The van der Waals surface area contributed by atoms with Crippen LogP contribution in [0, 0.1) is 5.92 Å². The lowest BCUT2D eigenvalue weighted by Gasteiger charge is -2.23. The van der Waals surface area contributed by atoms with Crippen molar-refractivity contribution in [1.29, 1.82) is 0 Å². The summed E-state index contributed by atoms with van der Waals surface area (Å²) in [4.78, 5) is 13.2. The quantitative estimate of drug-likeness (QED) is 0.588. The molecule has 12 heavy (non-hydrogen) atoms. The molecule has 3 heteroatoms. The number of ether oxygens (including phenoxy) is 1. The number of nitrogens with zero attached hydrogens (tertiary/aromatic N) is 1. The molecular formula is C9H17NO2. The summed E-state index contributed by atoms with van der Waals surface area (Å²) < 4.78 is 5.08. The Morgan fingerprint density at radius 1 is 1.50 bits per heavy atom. The van der Waals surface area contributed by atoms with Gasteiger partial charge in [0.25, 0.3) is 0 Å². The molecule has 1 aliphatic carbocycles. The van der Waals surface area contributed by atoms with Crippen molar-refractivity contribution >= 4 is 5.97 Å². The maximum absolute atomic E-state index is 11.2. The Morgan fingerprint density at radius 2 is 2.17 bits per heavy atom. The van der Waals surface area contributed by atoms with Gasteiger partial charge >= 0.3 is 5.97 Å². The van der Waals surface area contributed by atoms with E-state index in [1.165, 1.54) is 6.42 Å². The fourth-order valence-corrected chi connectivity index (χ4v) is 1.09. The number of rotatable bonds is 4. The van der Waals surface area contributed by atoms with Gasteiger partial charge in [0.1, 0.15) is 6.61 Å². The number of carbonyl (C=O) groups is 1. The number of carbonyl (C=O) groups excluding carboxylic acids is 1. The summed E-state index contributed by atoms with van der Waals surface area (Å²) in [5, 5.41) is 0. The van der Waals surface area contributed by atoms with Crippen LogP contribution in [-0.2, 0) is 9.53 Å². The molecule has 1 saturated carbocycles. The van der Waals surface area contributed by atoms with Crippen LogP contribution in [0.15, 0.2) is 0 Å². The topological polar surface area (TPSA) is 29.5 Å². The molecule has 0 heterocycles. The minimum Gasteiger partial charge on any atom is -0.464 e. The molecule has 1 rings (SSSR count). The highest BCUT2D eigenvalue weighted by molar-refractivity contribution is 5.73. The van der Waals surface area contributed by atoms with Crippen molar-refractivity contribution in [2.75, 3.05) is 27.2 Å². The van der Waals surface area contributed by atoms with Gasteiger partial charge in [0.05, 0.1) is 5.92 Å². The van der Waals surface area contributed by atoms with Crippen LogP contribution < -0.4 is 0 Å². The molecular weight excluding hydrogens is 154 g/mol. The van der Waals surface area contributed by atoms with E-state index in [0.717, 1.165) is 19.4 Å². The van der Waals surface area contributed by atoms with Gasteiger partial charge in [-0.25, -0.2) is 0 Å². The second kappa shape index (κ2) is 4.45. The Hall–Kier alpha value is -0.570. The molecule has 0 saturated heterocycles. The van der Waals surface area contributed by atoms with Crippen molar-refractivity contribution in [3.8, 4) is 0 Å². The molecule has 70 valence electrons. The number of hydrogen-bond acceptors (Lipinski definition) is 3. The molecule has 0 N–H and O–H groups in total. The summed E-state index contributed by atoms with van der Waals surface area (Å²) in [6.07, 6.45) is 3.25. The van der Waals surface area contributed by atoms with E-state index in [4.69, 9.17) is 4.74 Å². The van der Waals surface area contributed by atoms with Crippen molar-refractivity contribution in [1.82, 2.24) is 4.90 Å². The molecule has 0 unspecified atom stereocenters. The Morgan fingerprint density at radius 3 is 2.58 bits per heavy atom. The Balaban J connectivity index is 2.02. The highest BCUT2D eigenvalue weighted by Crippen LogP contribution is 2.27. The largest absolute Gasteiger partial charge is 0.464 e.